The number of thioether (sulfide) groups is 1. The van der Waals surface area contributed by atoms with Gasteiger partial charge in [0, 0.05) is 11.5 Å². The van der Waals surface area contributed by atoms with Crippen LogP contribution in [0.25, 0.3) is 0 Å². The van der Waals surface area contributed by atoms with E-state index in [0.717, 1.165) is 0 Å². The van der Waals surface area contributed by atoms with Crippen LogP contribution in [0.15, 0.2) is 12.2 Å². The minimum absolute atomic E-state index is 0.295. The number of rotatable bonds is 0. The van der Waals surface area contributed by atoms with Gasteiger partial charge in [0.2, 0.25) is 0 Å². The van der Waals surface area contributed by atoms with Crippen molar-refractivity contribution in [1.82, 2.24) is 0 Å². The average molecular weight is 237 g/mol. The highest BCUT2D eigenvalue weighted by Crippen LogP contribution is 2.66. The number of hydrogen-bond donors (Lipinski definition) is 0. The third kappa shape index (κ3) is 0.650. The molecule has 0 saturated carbocycles. The Bertz CT molecular complexity index is 445. The van der Waals surface area contributed by atoms with E-state index in [1.165, 1.54) is 0 Å². The summed E-state index contributed by atoms with van der Waals surface area (Å²) in [5, 5.41) is 0. The summed E-state index contributed by atoms with van der Waals surface area (Å²) >= 11 is 1.65. The first-order valence-electron chi connectivity index (χ1n) is 5.23. The van der Waals surface area contributed by atoms with Crippen molar-refractivity contribution in [3.8, 4) is 0 Å². The molecule has 82 valence electrons. The van der Waals surface area contributed by atoms with Gasteiger partial charge in [-0.15, -0.1) is 0 Å². The Labute approximate surface area is 96.3 Å². The number of fused-ring (bicyclic) bond motifs is 2. The molecule has 0 N–H and O–H groups in total. The molecule has 4 aliphatic heterocycles. The zero-order valence-electron chi connectivity index (χ0n) is 8.34. The van der Waals surface area contributed by atoms with Crippen LogP contribution in [-0.4, -0.2) is 35.7 Å². The number of cyclic esters (lactones) is 2. The molecule has 4 atom stereocenters. The first-order valence-corrected chi connectivity index (χ1v) is 6.39. The van der Waals surface area contributed by atoms with E-state index in [-0.39, 0.29) is 12.2 Å². The van der Waals surface area contributed by atoms with Crippen LogP contribution in [0.1, 0.15) is 0 Å². The van der Waals surface area contributed by atoms with Crippen LogP contribution < -0.4 is 0 Å². The van der Waals surface area contributed by atoms with Crippen LogP contribution in [0, 0.1) is 17.3 Å². The van der Waals surface area contributed by atoms with Crippen LogP contribution in [0.2, 0.25) is 0 Å². The Kier molecular flexibility index (Phi) is 1.42. The summed E-state index contributed by atoms with van der Waals surface area (Å²) in [6.07, 6.45) is 5.04. The van der Waals surface area contributed by atoms with E-state index in [4.69, 9.17) is 9.47 Å². The van der Waals surface area contributed by atoms with Crippen LogP contribution in [0.3, 0.4) is 0 Å². The van der Waals surface area contributed by atoms with Gasteiger partial charge in [0.05, 0.1) is 18.6 Å². The molecular weight excluding hydrogens is 228 g/mol. The highest BCUT2D eigenvalue weighted by Gasteiger charge is 2.84. The molecule has 0 spiro atoms. The normalized spacial score (nSPS) is 52.2. The van der Waals surface area contributed by atoms with Gasteiger partial charge >= 0.3 is 11.9 Å². The van der Waals surface area contributed by atoms with Gasteiger partial charge in [-0.05, 0) is 0 Å². The van der Waals surface area contributed by atoms with Gasteiger partial charge < -0.3 is 9.47 Å². The summed E-state index contributed by atoms with van der Waals surface area (Å²) in [5.74, 6) is 0.457. The topological polar surface area (TPSA) is 52.6 Å². The molecule has 4 rings (SSSR count). The summed E-state index contributed by atoms with van der Waals surface area (Å²) in [6.45, 7) is 0. The number of ether oxygens (including phenoxy) is 2. The molecule has 0 aliphatic carbocycles. The third-order valence-electron chi connectivity index (χ3n) is 4.21. The van der Waals surface area contributed by atoms with Gasteiger partial charge in [0.25, 0.3) is 0 Å². The van der Waals surface area contributed by atoms with E-state index in [9.17, 15) is 9.59 Å². The van der Waals surface area contributed by atoms with Crippen molar-refractivity contribution in [2.75, 3.05) is 11.5 Å². The maximum absolute atomic E-state index is 12.0. The Morgan fingerprint density at radius 1 is 1.31 bits per heavy atom. The largest absolute Gasteiger partial charge is 0.392 e. The second-order valence-electron chi connectivity index (χ2n) is 4.67. The third-order valence-corrected chi connectivity index (χ3v) is 5.52. The number of hydrogen-bond acceptors (Lipinski definition) is 5. The Morgan fingerprint density at radius 3 is 2.94 bits per heavy atom. The molecule has 3 saturated heterocycles. The average Bonchev–Trinajstić information content (AvgIpc) is 2.83. The Balaban J connectivity index is 2.02. The molecule has 0 amide bonds. The highest BCUT2D eigenvalue weighted by molar-refractivity contribution is 7.99. The van der Waals surface area contributed by atoms with Crippen molar-refractivity contribution in [3.05, 3.63) is 18.6 Å². The second-order valence-corrected chi connectivity index (χ2v) is 5.65. The predicted octanol–water partition coefficient (Wildman–Crippen LogP) is 0.331. The van der Waals surface area contributed by atoms with Crippen LogP contribution in [0.4, 0.5) is 0 Å². The first-order chi connectivity index (χ1) is 7.72. The molecule has 4 unspecified atom stereocenters. The van der Waals surface area contributed by atoms with Gasteiger partial charge in [0.1, 0.15) is 10.8 Å². The molecule has 3 fully saturated rings. The Hall–Kier alpha value is -0.940. The van der Waals surface area contributed by atoms with Gasteiger partial charge in [-0.1, -0.05) is 0 Å². The zero-order chi connectivity index (χ0) is 11.0. The van der Waals surface area contributed by atoms with E-state index in [1.54, 1.807) is 11.8 Å². The fourth-order valence-electron chi connectivity index (χ4n) is 3.36. The van der Waals surface area contributed by atoms with Crippen LogP contribution in [-0.2, 0) is 19.1 Å². The van der Waals surface area contributed by atoms with Crippen LogP contribution in [0.5, 0.6) is 0 Å². The van der Waals surface area contributed by atoms with Gasteiger partial charge in [0.15, 0.2) is 12.2 Å². The smallest absolute Gasteiger partial charge is 0.327 e. The van der Waals surface area contributed by atoms with E-state index >= 15 is 0 Å². The lowest BCUT2D eigenvalue weighted by atomic mass is 9.64. The summed E-state index contributed by atoms with van der Waals surface area (Å²) in [6, 6.07) is 0. The molecule has 2 bridgehead atoms. The molecule has 5 heteroatoms. The minimum atomic E-state index is -0.761. The monoisotopic (exact) mass is 237 g/mol. The number of carbonyl (C=O) groups is 2. The van der Waals surface area contributed by atoms with Gasteiger partial charge in [-0.3, -0.25) is 9.59 Å². The summed E-state index contributed by atoms with van der Waals surface area (Å²) in [7, 11) is 0. The molecule has 16 heavy (non-hydrogen) atoms. The number of esters is 2. The van der Waals surface area contributed by atoms with Crippen molar-refractivity contribution >= 4 is 23.7 Å². The zero-order valence-corrected chi connectivity index (χ0v) is 9.16. The fraction of sp³-hybridized carbons (Fsp3) is 0.545. The Morgan fingerprint density at radius 2 is 2.06 bits per heavy atom. The summed E-state index contributed by atoms with van der Waals surface area (Å²) in [5.41, 5.74) is -1.52. The van der Waals surface area contributed by atoms with Crippen molar-refractivity contribution in [3.63, 3.8) is 0 Å². The van der Waals surface area contributed by atoms with E-state index < -0.39 is 22.8 Å². The molecule has 4 nitrogen and oxygen atoms in total. The molecule has 0 aromatic heterocycles. The van der Waals surface area contributed by atoms with Crippen molar-refractivity contribution < 1.29 is 19.1 Å². The second kappa shape index (κ2) is 2.49. The molecule has 4 heterocycles. The molecule has 0 aromatic rings. The fourth-order valence-corrected chi connectivity index (χ4v) is 5.18. The summed E-state index contributed by atoms with van der Waals surface area (Å²) in [4.78, 5) is 24.0. The lowest BCUT2D eigenvalue weighted by Crippen LogP contribution is -2.47. The van der Waals surface area contributed by atoms with E-state index in [0.29, 0.717) is 11.5 Å². The van der Waals surface area contributed by atoms with Crippen molar-refractivity contribution in [1.29, 1.82) is 0 Å². The minimum Gasteiger partial charge on any atom is -0.392 e. The highest BCUT2D eigenvalue weighted by atomic mass is 32.2. The quantitative estimate of drug-likeness (QED) is 0.345. The molecular formula is C11H9O4S+. The molecule has 4 aliphatic rings. The maximum Gasteiger partial charge on any atom is 0.327 e. The van der Waals surface area contributed by atoms with Crippen molar-refractivity contribution in [2.45, 2.75) is 12.2 Å². The maximum atomic E-state index is 12.0. The van der Waals surface area contributed by atoms with Crippen LogP contribution >= 0.6 is 11.8 Å². The van der Waals surface area contributed by atoms with E-state index in [1.807, 2.05) is 18.6 Å². The molecule has 0 aromatic carbocycles. The lowest BCUT2D eigenvalue weighted by Gasteiger charge is -2.24. The molecule has 0 radical (unpaired) electrons. The van der Waals surface area contributed by atoms with E-state index in [2.05, 4.69) is 0 Å². The SMILES string of the molecule is O=C1OC(=O)C23CSCC12C1C=C[CH+]C3O1. The van der Waals surface area contributed by atoms with Gasteiger partial charge in [-0.25, -0.2) is 0 Å². The van der Waals surface area contributed by atoms with Crippen molar-refractivity contribution in [2.24, 2.45) is 10.8 Å². The predicted molar refractivity (Wildman–Crippen MR) is 55.4 cm³/mol. The van der Waals surface area contributed by atoms with Gasteiger partial charge in [-0.2, -0.15) is 11.8 Å². The standard InChI is InChI=1S/C11H9O4S/c12-8-10-4-16-5-11(10,9(13)15-8)7-3-1-2-6(10)14-7/h1-3,6-7H,4-5H2/q+1. The number of carbonyl (C=O) groups excluding carboxylic acids is 2. The lowest BCUT2D eigenvalue weighted by molar-refractivity contribution is -0.160. The first kappa shape index (κ1) is 9.13. The summed E-state index contributed by atoms with van der Waals surface area (Å²) < 4.78 is 10.7.